The number of rotatable bonds is 9. The number of amides is 1. The van der Waals surface area contributed by atoms with E-state index in [-0.39, 0.29) is 11.9 Å². The maximum absolute atomic E-state index is 13.3. The fourth-order valence-corrected chi connectivity index (χ4v) is 5.95. The largest absolute Gasteiger partial charge is 0.380 e. The number of carbonyl (C=O) groups is 1. The van der Waals surface area contributed by atoms with Crippen LogP contribution in [0.3, 0.4) is 0 Å². The van der Waals surface area contributed by atoms with Gasteiger partial charge < -0.3 is 15.4 Å². The number of aryl methyl sites for hydroxylation is 1. The first-order chi connectivity index (χ1) is 19.5. The number of carbonyl (C=O) groups excluding carboxylic acids is 1. The Balaban J connectivity index is 1.02. The van der Waals surface area contributed by atoms with Gasteiger partial charge in [-0.25, -0.2) is 9.97 Å². The van der Waals surface area contributed by atoms with Crippen molar-refractivity contribution in [2.45, 2.75) is 51.7 Å². The van der Waals surface area contributed by atoms with Crippen molar-refractivity contribution in [3.63, 3.8) is 0 Å². The van der Waals surface area contributed by atoms with Gasteiger partial charge in [-0.15, -0.1) is 0 Å². The summed E-state index contributed by atoms with van der Waals surface area (Å²) >= 11 is 0. The van der Waals surface area contributed by atoms with Gasteiger partial charge in [-0.1, -0.05) is 18.2 Å². The van der Waals surface area contributed by atoms with E-state index >= 15 is 0 Å². The number of hydrogen-bond donors (Lipinski definition) is 2. The monoisotopic (exact) mass is 537 g/mol. The van der Waals surface area contributed by atoms with Crippen LogP contribution in [0.5, 0.6) is 0 Å². The molecule has 3 aliphatic rings. The van der Waals surface area contributed by atoms with Crippen LogP contribution < -0.4 is 10.6 Å². The maximum atomic E-state index is 13.3. The van der Waals surface area contributed by atoms with Crippen LogP contribution in [-0.2, 0) is 17.8 Å². The zero-order chi connectivity index (χ0) is 27.3. The normalized spacial score (nSPS) is 18.8. The molecule has 0 radical (unpaired) electrons. The first kappa shape index (κ1) is 25.2. The van der Waals surface area contributed by atoms with Gasteiger partial charge in [0.15, 0.2) is 0 Å². The smallest absolute Gasteiger partial charge is 0.255 e. The third-order valence-electron chi connectivity index (χ3n) is 8.36. The molecular weight excluding hydrogens is 502 g/mol. The van der Waals surface area contributed by atoms with Crippen molar-refractivity contribution in [3.05, 3.63) is 77.1 Å². The van der Waals surface area contributed by atoms with Crippen molar-refractivity contribution in [3.8, 4) is 0 Å². The number of ether oxygens (including phenoxy) is 1. The molecule has 9 nitrogen and oxygen atoms in total. The van der Waals surface area contributed by atoms with Crippen LogP contribution in [-0.4, -0.2) is 56.9 Å². The Morgan fingerprint density at radius 2 is 2.02 bits per heavy atom. The van der Waals surface area contributed by atoms with E-state index in [1.807, 2.05) is 48.1 Å². The van der Waals surface area contributed by atoms with E-state index < -0.39 is 0 Å². The van der Waals surface area contributed by atoms with Gasteiger partial charge in [0.1, 0.15) is 11.3 Å². The number of hydrogen-bond acceptors (Lipinski definition) is 7. The third-order valence-corrected chi connectivity index (χ3v) is 8.36. The molecule has 4 aromatic rings. The van der Waals surface area contributed by atoms with E-state index in [1.165, 1.54) is 24.0 Å². The Morgan fingerprint density at radius 3 is 2.77 bits per heavy atom. The molecule has 2 aliphatic heterocycles. The molecule has 2 aromatic heterocycles. The molecule has 3 fully saturated rings. The first-order valence-corrected chi connectivity index (χ1v) is 14.3. The van der Waals surface area contributed by atoms with E-state index in [1.54, 1.807) is 6.20 Å². The average molecular weight is 538 g/mol. The Labute approximate surface area is 234 Å². The van der Waals surface area contributed by atoms with Gasteiger partial charge in [0, 0.05) is 42.8 Å². The van der Waals surface area contributed by atoms with Crippen LogP contribution in [0.25, 0.3) is 11.2 Å². The summed E-state index contributed by atoms with van der Waals surface area (Å²) in [7, 11) is 0. The third kappa shape index (κ3) is 4.95. The van der Waals surface area contributed by atoms with Crippen molar-refractivity contribution in [1.82, 2.24) is 24.6 Å². The molecule has 1 saturated carbocycles. The molecule has 7 rings (SSSR count). The lowest BCUT2D eigenvalue weighted by Gasteiger charge is -2.55. The summed E-state index contributed by atoms with van der Waals surface area (Å²) < 4.78 is 7.25. The maximum Gasteiger partial charge on any atom is 0.255 e. The minimum atomic E-state index is -0.0800. The van der Waals surface area contributed by atoms with Crippen LogP contribution in [0, 0.1) is 5.41 Å². The molecule has 2 saturated heterocycles. The van der Waals surface area contributed by atoms with Gasteiger partial charge in [0.2, 0.25) is 5.65 Å². The number of benzene rings is 2. The lowest BCUT2D eigenvalue weighted by molar-refractivity contribution is -0.191. The molecule has 2 aromatic carbocycles. The van der Waals surface area contributed by atoms with E-state index in [0.29, 0.717) is 28.4 Å². The standard InChI is InChI=1S/C31H35N7O2/c1-3-38-15-27-29(36-38)35-28(13-32-27)33-20(2)22-5-4-6-25(11-22)34-30(39)23-9-10-24(26(12-23)21-7-8-21)14-37-16-31(17-37)18-40-19-31/h4-6,9-13,15,20-21H,3,7-8,14,16-19H2,1-2H3,(H,34,39)(H,33,35,36)/t20-/m0/s1. The van der Waals surface area contributed by atoms with E-state index in [4.69, 9.17) is 4.74 Å². The average Bonchev–Trinajstić information content (AvgIpc) is 3.68. The predicted octanol–water partition coefficient (Wildman–Crippen LogP) is 4.98. The second-order valence-corrected chi connectivity index (χ2v) is 11.7. The Kier molecular flexibility index (Phi) is 6.28. The highest BCUT2D eigenvalue weighted by molar-refractivity contribution is 6.04. The molecule has 0 bridgehead atoms. The topological polar surface area (TPSA) is 97.2 Å². The van der Waals surface area contributed by atoms with Gasteiger partial charge >= 0.3 is 0 Å². The molecule has 2 N–H and O–H groups in total. The fourth-order valence-electron chi connectivity index (χ4n) is 5.95. The summed E-state index contributed by atoms with van der Waals surface area (Å²) in [5, 5.41) is 11.0. The SMILES string of the molecule is CCn1cc2ncc(N[C@@H](C)c3cccc(NC(=O)c4ccc(CN5CC6(COC6)C5)c(C5CC5)c4)c3)nc2n1. The highest BCUT2D eigenvalue weighted by Gasteiger charge is 2.48. The molecule has 1 atom stereocenters. The van der Waals surface area contributed by atoms with Gasteiger partial charge in [0.25, 0.3) is 5.91 Å². The molecule has 4 heterocycles. The number of nitrogens with one attached hydrogen (secondary N) is 2. The second kappa shape index (κ2) is 9.98. The zero-order valence-corrected chi connectivity index (χ0v) is 23.1. The summed E-state index contributed by atoms with van der Waals surface area (Å²) in [5.41, 5.74) is 7.04. The quantitative estimate of drug-likeness (QED) is 0.311. The number of fused-ring (bicyclic) bond motifs is 1. The fraction of sp³-hybridized carbons (Fsp3) is 0.419. The minimum absolute atomic E-state index is 0.0373. The highest BCUT2D eigenvalue weighted by atomic mass is 16.5. The van der Waals surface area contributed by atoms with Gasteiger partial charge in [-0.2, -0.15) is 5.10 Å². The van der Waals surface area contributed by atoms with Crippen LogP contribution in [0.2, 0.25) is 0 Å². The summed E-state index contributed by atoms with van der Waals surface area (Å²) in [6.07, 6.45) is 6.05. The summed E-state index contributed by atoms with van der Waals surface area (Å²) in [5.74, 6) is 1.17. The Hall–Kier alpha value is -3.82. The van der Waals surface area contributed by atoms with Crippen molar-refractivity contribution in [2.24, 2.45) is 5.41 Å². The number of anilines is 2. The van der Waals surface area contributed by atoms with Crippen molar-refractivity contribution in [1.29, 1.82) is 0 Å². The molecule has 1 amide bonds. The predicted molar refractivity (Wildman–Crippen MR) is 154 cm³/mol. The lowest BCUT2D eigenvalue weighted by Crippen LogP contribution is -2.65. The molecule has 9 heteroatoms. The molecule has 1 spiro atoms. The van der Waals surface area contributed by atoms with Crippen molar-refractivity contribution >= 4 is 28.6 Å². The summed E-state index contributed by atoms with van der Waals surface area (Å²) in [6, 6.07) is 14.2. The highest BCUT2D eigenvalue weighted by Crippen LogP contribution is 2.44. The molecule has 40 heavy (non-hydrogen) atoms. The Bertz CT molecular complexity index is 1570. The van der Waals surface area contributed by atoms with Crippen LogP contribution in [0.15, 0.2) is 54.9 Å². The number of nitrogens with zero attached hydrogens (tertiary/aromatic N) is 5. The minimum Gasteiger partial charge on any atom is -0.380 e. The number of likely N-dealkylation sites (tertiary alicyclic amines) is 1. The lowest BCUT2D eigenvalue weighted by atomic mass is 9.77. The van der Waals surface area contributed by atoms with Crippen molar-refractivity contribution < 1.29 is 9.53 Å². The van der Waals surface area contributed by atoms with Gasteiger partial charge in [-0.05, 0) is 73.6 Å². The van der Waals surface area contributed by atoms with Crippen LogP contribution >= 0.6 is 0 Å². The van der Waals surface area contributed by atoms with E-state index in [2.05, 4.69) is 49.7 Å². The van der Waals surface area contributed by atoms with Crippen molar-refractivity contribution in [2.75, 3.05) is 36.9 Å². The molecule has 0 unspecified atom stereocenters. The summed E-state index contributed by atoms with van der Waals surface area (Å²) in [6.45, 7) is 9.88. The van der Waals surface area contributed by atoms with E-state index in [9.17, 15) is 4.79 Å². The summed E-state index contributed by atoms with van der Waals surface area (Å²) in [4.78, 5) is 24.9. The van der Waals surface area contributed by atoms with Crippen LogP contribution in [0.1, 0.15) is 65.7 Å². The molecular formula is C31H35N7O2. The number of aromatic nitrogens is 4. The first-order valence-electron chi connectivity index (χ1n) is 14.3. The van der Waals surface area contributed by atoms with E-state index in [0.717, 1.165) is 56.2 Å². The van der Waals surface area contributed by atoms with Gasteiger partial charge in [0.05, 0.1) is 31.6 Å². The zero-order valence-electron chi connectivity index (χ0n) is 23.1. The van der Waals surface area contributed by atoms with Crippen LogP contribution in [0.4, 0.5) is 11.5 Å². The Morgan fingerprint density at radius 1 is 1.18 bits per heavy atom. The molecule has 1 aliphatic carbocycles. The van der Waals surface area contributed by atoms with Gasteiger partial charge in [-0.3, -0.25) is 14.4 Å². The second-order valence-electron chi connectivity index (χ2n) is 11.7. The molecule has 206 valence electrons.